The maximum atomic E-state index is 13.0. The monoisotopic (exact) mass is 303 g/mol. The zero-order valence-electron chi connectivity index (χ0n) is 13.3. The molecule has 0 radical (unpaired) electrons. The zero-order chi connectivity index (χ0) is 15.5. The third-order valence-electron chi connectivity index (χ3n) is 4.45. The van der Waals surface area contributed by atoms with Crippen molar-refractivity contribution in [1.29, 1.82) is 0 Å². The number of quaternary nitrogens is 1. The van der Waals surface area contributed by atoms with E-state index in [1.807, 2.05) is 12.1 Å². The van der Waals surface area contributed by atoms with E-state index in [4.69, 9.17) is 0 Å². The predicted octanol–water partition coefficient (Wildman–Crippen LogP) is 1.32. The first-order valence-corrected chi connectivity index (χ1v) is 8.04. The Bertz CT molecular complexity index is 612. The van der Waals surface area contributed by atoms with Crippen molar-refractivity contribution in [2.75, 3.05) is 31.1 Å². The van der Waals surface area contributed by atoms with Crippen molar-refractivity contribution >= 4 is 5.69 Å². The van der Waals surface area contributed by atoms with Gasteiger partial charge in [0.25, 0.3) is 0 Å². The van der Waals surface area contributed by atoms with Crippen LogP contribution >= 0.6 is 0 Å². The molecule has 1 aromatic carbocycles. The Kier molecular flexibility index (Phi) is 4.43. The van der Waals surface area contributed by atoms with E-state index in [0.717, 1.165) is 50.7 Å². The molecule has 118 valence electrons. The Hall–Kier alpha value is -1.88. The summed E-state index contributed by atoms with van der Waals surface area (Å²) in [6.45, 7) is 9.40. The molecule has 2 N–H and O–H groups in total. The van der Waals surface area contributed by atoms with Gasteiger partial charge < -0.3 is 14.8 Å². The van der Waals surface area contributed by atoms with Gasteiger partial charge in [0, 0.05) is 17.8 Å². The van der Waals surface area contributed by atoms with Crippen LogP contribution in [-0.4, -0.2) is 36.1 Å². The van der Waals surface area contributed by atoms with Gasteiger partial charge >= 0.3 is 0 Å². The minimum Gasteiger partial charge on any atom is -0.360 e. The molecule has 5 heteroatoms. The molecule has 1 aromatic heterocycles. The molecule has 2 aromatic rings. The SMILES string of the molecule is CCc1nc(C[NH+]2CCN(c3ccc(F)cc3)CC2)c(C)[nH]1. The lowest BCUT2D eigenvalue weighted by molar-refractivity contribution is -0.914. The van der Waals surface area contributed by atoms with Gasteiger partial charge in [0.2, 0.25) is 0 Å². The fraction of sp³-hybridized carbons (Fsp3) is 0.471. The number of piperazine rings is 1. The first-order chi connectivity index (χ1) is 10.7. The Morgan fingerprint density at radius 2 is 1.91 bits per heavy atom. The molecule has 0 aliphatic carbocycles. The number of nitrogens with one attached hydrogen (secondary N) is 2. The first kappa shape index (κ1) is 15.0. The topological polar surface area (TPSA) is 36.4 Å². The van der Waals surface area contributed by atoms with Gasteiger partial charge in [0.1, 0.15) is 23.9 Å². The minimum atomic E-state index is -0.172. The van der Waals surface area contributed by atoms with E-state index in [1.165, 1.54) is 23.5 Å². The van der Waals surface area contributed by atoms with Gasteiger partial charge in [-0.05, 0) is 31.2 Å². The molecule has 0 saturated carbocycles. The van der Waals surface area contributed by atoms with E-state index in [9.17, 15) is 4.39 Å². The summed E-state index contributed by atoms with van der Waals surface area (Å²) in [7, 11) is 0. The third-order valence-corrected chi connectivity index (χ3v) is 4.45. The average molecular weight is 303 g/mol. The fourth-order valence-corrected chi connectivity index (χ4v) is 3.05. The number of benzene rings is 1. The summed E-state index contributed by atoms with van der Waals surface area (Å²) < 4.78 is 13.0. The number of H-pyrrole nitrogens is 1. The van der Waals surface area contributed by atoms with E-state index in [-0.39, 0.29) is 5.82 Å². The summed E-state index contributed by atoms with van der Waals surface area (Å²) in [4.78, 5) is 11.9. The van der Waals surface area contributed by atoms with Gasteiger partial charge in [0.05, 0.1) is 26.2 Å². The molecule has 0 bridgehead atoms. The smallest absolute Gasteiger partial charge is 0.123 e. The van der Waals surface area contributed by atoms with Crippen molar-refractivity contribution < 1.29 is 9.29 Å². The quantitative estimate of drug-likeness (QED) is 0.894. The highest BCUT2D eigenvalue weighted by atomic mass is 19.1. The van der Waals surface area contributed by atoms with E-state index < -0.39 is 0 Å². The third kappa shape index (κ3) is 3.30. The van der Waals surface area contributed by atoms with Crippen molar-refractivity contribution in [2.24, 2.45) is 0 Å². The molecule has 4 nitrogen and oxygen atoms in total. The van der Waals surface area contributed by atoms with Gasteiger partial charge in [0.15, 0.2) is 0 Å². The van der Waals surface area contributed by atoms with Crippen LogP contribution < -0.4 is 9.80 Å². The minimum absolute atomic E-state index is 0.172. The number of imidazole rings is 1. The van der Waals surface area contributed by atoms with E-state index in [0.29, 0.717) is 0 Å². The van der Waals surface area contributed by atoms with E-state index in [1.54, 1.807) is 4.90 Å². The maximum absolute atomic E-state index is 13.0. The fourth-order valence-electron chi connectivity index (χ4n) is 3.05. The number of hydrogen-bond donors (Lipinski definition) is 2. The second kappa shape index (κ2) is 6.48. The largest absolute Gasteiger partial charge is 0.360 e. The number of anilines is 1. The number of nitrogens with zero attached hydrogens (tertiary/aromatic N) is 2. The standard InChI is InChI=1S/C17H23FN4/c1-3-17-19-13(2)16(20-17)12-21-8-10-22(11-9-21)15-6-4-14(18)5-7-15/h4-7H,3,8-12H2,1-2H3,(H,19,20)/p+1. The normalized spacial score (nSPS) is 16.2. The molecule has 2 heterocycles. The van der Waals surface area contributed by atoms with Crippen molar-refractivity contribution in [3.05, 3.63) is 47.3 Å². The number of halogens is 1. The molecule has 1 aliphatic heterocycles. The predicted molar refractivity (Wildman–Crippen MR) is 85.7 cm³/mol. The molecular formula is C17H24FN4+. The highest BCUT2D eigenvalue weighted by Gasteiger charge is 2.22. The van der Waals surface area contributed by atoms with Crippen molar-refractivity contribution in [3.63, 3.8) is 0 Å². The lowest BCUT2D eigenvalue weighted by Gasteiger charge is -2.33. The summed E-state index contributed by atoms with van der Waals surface area (Å²) in [5.74, 6) is 0.908. The van der Waals surface area contributed by atoms with Crippen molar-refractivity contribution in [2.45, 2.75) is 26.8 Å². The number of hydrogen-bond acceptors (Lipinski definition) is 2. The number of aromatic amines is 1. The number of aryl methyl sites for hydroxylation is 2. The summed E-state index contributed by atoms with van der Waals surface area (Å²) in [6.07, 6.45) is 0.953. The second-order valence-corrected chi connectivity index (χ2v) is 6.00. The zero-order valence-corrected chi connectivity index (χ0v) is 13.3. The Labute approximate surface area is 131 Å². The molecule has 1 fully saturated rings. The molecule has 0 amide bonds. The van der Waals surface area contributed by atoms with Crippen LogP contribution in [0.15, 0.2) is 24.3 Å². The Morgan fingerprint density at radius 3 is 2.50 bits per heavy atom. The van der Waals surface area contributed by atoms with Crippen LogP contribution in [0.3, 0.4) is 0 Å². The average Bonchev–Trinajstić information content (AvgIpc) is 2.89. The maximum Gasteiger partial charge on any atom is 0.123 e. The molecule has 0 unspecified atom stereocenters. The highest BCUT2D eigenvalue weighted by molar-refractivity contribution is 5.46. The molecule has 0 atom stereocenters. The Morgan fingerprint density at radius 1 is 1.23 bits per heavy atom. The van der Waals surface area contributed by atoms with Crippen LogP contribution in [0.4, 0.5) is 10.1 Å². The molecule has 22 heavy (non-hydrogen) atoms. The van der Waals surface area contributed by atoms with Gasteiger partial charge in [-0.3, -0.25) is 0 Å². The summed E-state index contributed by atoms with van der Waals surface area (Å²) >= 11 is 0. The van der Waals surface area contributed by atoms with Crippen LogP contribution in [0.2, 0.25) is 0 Å². The van der Waals surface area contributed by atoms with Crippen LogP contribution in [0, 0.1) is 12.7 Å². The van der Waals surface area contributed by atoms with E-state index >= 15 is 0 Å². The van der Waals surface area contributed by atoms with Gasteiger partial charge in [-0.1, -0.05) is 6.92 Å². The van der Waals surface area contributed by atoms with E-state index in [2.05, 4.69) is 28.7 Å². The summed E-state index contributed by atoms with van der Waals surface area (Å²) in [5.41, 5.74) is 3.51. The highest BCUT2D eigenvalue weighted by Crippen LogP contribution is 2.14. The lowest BCUT2D eigenvalue weighted by Crippen LogP contribution is -3.13. The molecule has 1 aliphatic rings. The van der Waals surface area contributed by atoms with Crippen LogP contribution in [0.25, 0.3) is 0 Å². The van der Waals surface area contributed by atoms with Crippen LogP contribution in [0.1, 0.15) is 24.1 Å². The van der Waals surface area contributed by atoms with Crippen molar-refractivity contribution in [1.82, 2.24) is 9.97 Å². The molecule has 1 saturated heterocycles. The Balaban J connectivity index is 1.57. The molecule has 0 spiro atoms. The first-order valence-electron chi connectivity index (χ1n) is 8.04. The van der Waals surface area contributed by atoms with Crippen LogP contribution in [-0.2, 0) is 13.0 Å². The van der Waals surface area contributed by atoms with Crippen LogP contribution in [0.5, 0.6) is 0 Å². The number of aromatic nitrogens is 2. The summed E-state index contributed by atoms with van der Waals surface area (Å²) in [6, 6.07) is 6.80. The molecular weight excluding hydrogens is 279 g/mol. The van der Waals surface area contributed by atoms with Crippen molar-refractivity contribution in [3.8, 4) is 0 Å². The van der Waals surface area contributed by atoms with Gasteiger partial charge in [-0.15, -0.1) is 0 Å². The molecule has 3 rings (SSSR count). The lowest BCUT2D eigenvalue weighted by atomic mass is 10.2. The van der Waals surface area contributed by atoms with Gasteiger partial charge in [-0.2, -0.15) is 0 Å². The number of rotatable bonds is 4. The van der Waals surface area contributed by atoms with Gasteiger partial charge in [-0.25, -0.2) is 9.37 Å². The summed E-state index contributed by atoms with van der Waals surface area (Å²) in [5, 5.41) is 0. The second-order valence-electron chi connectivity index (χ2n) is 6.00.